The van der Waals surface area contributed by atoms with E-state index in [1.165, 1.54) is 16.7 Å². The van der Waals surface area contributed by atoms with E-state index in [9.17, 15) is 0 Å². The molecule has 74 valence electrons. The van der Waals surface area contributed by atoms with Crippen molar-refractivity contribution in [1.29, 1.82) is 0 Å². The van der Waals surface area contributed by atoms with Crippen LogP contribution in [0.2, 0.25) is 0 Å². The van der Waals surface area contributed by atoms with Gasteiger partial charge in [-0.05, 0) is 25.3 Å². The molecular formula is C13H22. The highest BCUT2D eigenvalue weighted by Gasteiger charge is 1.99. The zero-order valence-corrected chi connectivity index (χ0v) is 9.81. The molecule has 0 amide bonds. The molecule has 1 rings (SSSR count). The molecule has 0 aromatic heterocycles. The van der Waals surface area contributed by atoms with Crippen LogP contribution < -0.4 is 0 Å². The largest absolute Gasteiger partial charge is 0.0683 e. The van der Waals surface area contributed by atoms with Crippen molar-refractivity contribution >= 4 is 0 Å². The molecule has 0 aliphatic rings. The zero-order chi connectivity index (χ0) is 10.4. The summed E-state index contributed by atoms with van der Waals surface area (Å²) in [5.74, 6) is 0.647. The molecule has 1 aromatic rings. The second-order valence-corrected chi connectivity index (χ2v) is 3.58. The van der Waals surface area contributed by atoms with Crippen LogP contribution in [0.1, 0.15) is 50.3 Å². The second kappa shape index (κ2) is 5.80. The number of aryl methyl sites for hydroxylation is 2. The molecule has 1 aromatic carbocycles. The molecule has 0 radical (unpaired) electrons. The Hall–Kier alpha value is -0.780. The lowest BCUT2D eigenvalue weighted by atomic mass is 9.99. The molecule has 0 spiro atoms. The Morgan fingerprint density at radius 3 is 1.54 bits per heavy atom. The molecule has 0 atom stereocenters. The minimum atomic E-state index is 0.647. The smallest absolute Gasteiger partial charge is 0.0219 e. The van der Waals surface area contributed by atoms with Crippen molar-refractivity contribution in [2.75, 3.05) is 0 Å². The van der Waals surface area contributed by atoms with Crippen molar-refractivity contribution in [3.05, 3.63) is 34.9 Å². The van der Waals surface area contributed by atoms with Crippen molar-refractivity contribution in [1.82, 2.24) is 0 Å². The van der Waals surface area contributed by atoms with E-state index < -0.39 is 0 Å². The second-order valence-electron chi connectivity index (χ2n) is 3.58. The minimum Gasteiger partial charge on any atom is -0.0683 e. The Morgan fingerprint density at radius 2 is 1.23 bits per heavy atom. The molecule has 0 fully saturated rings. The first-order valence-electron chi connectivity index (χ1n) is 5.18. The Labute approximate surface area is 83.0 Å². The van der Waals surface area contributed by atoms with E-state index in [1.807, 2.05) is 13.8 Å². The molecule has 0 heteroatoms. The van der Waals surface area contributed by atoms with Gasteiger partial charge in [0.15, 0.2) is 0 Å². The predicted molar refractivity (Wildman–Crippen MR) is 61.4 cm³/mol. The highest BCUT2D eigenvalue weighted by molar-refractivity contribution is 5.30. The average molecular weight is 178 g/mol. The van der Waals surface area contributed by atoms with Crippen LogP contribution in [0.15, 0.2) is 18.2 Å². The SMILES string of the molecule is CC.Cc1cc(C)cc(C(C)C)c1. The molecule has 0 saturated carbocycles. The lowest BCUT2D eigenvalue weighted by Crippen LogP contribution is -1.89. The van der Waals surface area contributed by atoms with Gasteiger partial charge in [0.2, 0.25) is 0 Å². The highest BCUT2D eigenvalue weighted by atomic mass is 14.0. The maximum Gasteiger partial charge on any atom is -0.0219 e. The van der Waals surface area contributed by atoms with Crippen molar-refractivity contribution < 1.29 is 0 Å². The molecule has 0 N–H and O–H groups in total. The Kier molecular flexibility index (Phi) is 5.45. The van der Waals surface area contributed by atoms with Gasteiger partial charge in [-0.25, -0.2) is 0 Å². The predicted octanol–water partition coefficient (Wildman–Crippen LogP) is 4.45. The van der Waals surface area contributed by atoms with Crippen LogP contribution in [0, 0.1) is 13.8 Å². The Balaban J connectivity index is 0.000000671. The van der Waals surface area contributed by atoms with Crippen LogP contribution in [0.3, 0.4) is 0 Å². The highest BCUT2D eigenvalue weighted by Crippen LogP contribution is 2.17. The lowest BCUT2D eigenvalue weighted by Gasteiger charge is -2.07. The quantitative estimate of drug-likeness (QED) is 0.596. The van der Waals surface area contributed by atoms with Crippen LogP contribution in [0.4, 0.5) is 0 Å². The molecule has 13 heavy (non-hydrogen) atoms. The van der Waals surface area contributed by atoms with E-state index in [0.29, 0.717) is 5.92 Å². The first-order valence-corrected chi connectivity index (χ1v) is 5.18. The Bertz CT molecular complexity index is 226. The molecular weight excluding hydrogens is 156 g/mol. The summed E-state index contributed by atoms with van der Waals surface area (Å²) in [4.78, 5) is 0. The number of rotatable bonds is 1. The van der Waals surface area contributed by atoms with Crippen molar-refractivity contribution in [2.45, 2.75) is 47.5 Å². The normalized spacial score (nSPS) is 9.46. The maximum atomic E-state index is 2.26. The van der Waals surface area contributed by atoms with Crippen LogP contribution >= 0.6 is 0 Å². The van der Waals surface area contributed by atoms with Gasteiger partial charge in [0.05, 0.1) is 0 Å². The lowest BCUT2D eigenvalue weighted by molar-refractivity contribution is 0.863. The van der Waals surface area contributed by atoms with Gasteiger partial charge in [0, 0.05) is 0 Å². The number of benzene rings is 1. The first kappa shape index (κ1) is 12.2. The van der Waals surface area contributed by atoms with E-state index in [4.69, 9.17) is 0 Å². The summed E-state index contributed by atoms with van der Waals surface area (Å²) in [6.45, 7) is 12.8. The van der Waals surface area contributed by atoms with Gasteiger partial charge in [-0.1, -0.05) is 57.0 Å². The zero-order valence-electron chi connectivity index (χ0n) is 9.81. The van der Waals surface area contributed by atoms with E-state index in [-0.39, 0.29) is 0 Å². The van der Waals surface area contributed by atoms with Crippen LogP contribution in [0.25, 0.3) is 0 Å². The van der Waals surface area contributed by atoms with Gasteiger partial charge in [0.1, 0.15) is 0 Å². The third-order valence-corrected chi connectivity index (χ3v) is 1.91. The van der Waals surface area contributed by atoms with Crippen LogP contribution in [-0.4, -0.2) is 0 Å². The molecule has 0 nitrogen and oxygen atoms in total. The van der Waals surface area contributed by atoms with Crippen LogP contribution in [-0.2, 0) is 0 Å². The van der Waals surface area contributed by atoms with Crippen molar-refractivity contribution in [3.8, 4) is 0 Å². The summed E-state index contributed by atoms with van der Waals surface area (Å²) in [7, 11) is 0. The summed E-state index contributed by atoms with van der Waals surface area (Å²) in [5, 5.41) is 0. The fourth-order valence-electron chi connectivity index (χ4n) is 1.34. The first-order chi connectivity index (χ1) is 6.09. The fraction of sp³-hybridized carbons (Fsp3) is 0.538. The summed E-state index contributed by atoms with van der Waals surface area (Å²) in [5.41, 5.74) is 4.19. The third kappa shape index (κ3) is 4.12. The van der Waals surface area contributed by atoms with Gasteiger partial charge in [-0.2, -0.15) is 0 Å². The van der Waals surface area contributed by atoms with Gasteiger partial charge >= 0.3 is 0 Å². The monoisotopic (exact) mass is 178 g/mol. The average Bonchev–Trinajstić information content (AvgIpc) is 2.06. The maximum absolute atomic E-state index is 2.26. The number of hydrogen-bond acceptors (Lipinski definition) is 0. The van der Waals surface area contributed by atoms with E-state index in [2.05, 4.69) is 45.9 Å². The van der Waals surface area contributed by atoms with E-state index in [1.54, 1.807) is 0 Å². The minimum absolute atomic E-state index is 0.647. The van der Waals surface area contributed by atoms with Gasteiger partial charge in [-0.15, -0.1) is 0 Å². The van der Waals surface area contributed by atoms with E-state index >= 15 is 0 Å². The molecule has 0 aliphatic carbocycles. The molecule has 0 saturated heterocycles. The van der Waals surface area contributed by atoms with Crippen molar-refractivity contribution in [2.24, 2.45) is 0 Å². The summed E-state index contributed by atoms with van der Waals surface area (Å²) < 4.78 is 0. The van der Waals surface area contributed by atoms with Gasteiger partial charge in [0.25, 0.3) is 0 Å². The van der Waals surface area contributed by atoms with E-state index in [0.717, 1.165) is 0 Å². The summed E-state index contributed by atoms with van der Waals surface area (Å²) in [6, 6.07) is 6.74. The Morgan fingerprint density at radius 1 is 0.846 bits per heavy atom. The fourth-order valence-corrected chi connectivity index (χ4v) is 1.34. The van der Waals surface area contributed by atoms with Crippen LogP contribution in [0.5, 0.6) is 0 Å². The summed E-state index contributed by atoms with van der Waals surface area (Å²) >= 11 is 0. The standard InChI is InChI=1S/C11H16.C2H6/c1-8(2)11-6-9(3)5-10(4)7-11;1-2/h5-8H,1-4H3;1-2H3. The van der Waals surface area contributed by atoms with Gasteiger partial charge in [-0.3, -0.25) is 0 Å². The third-order valence-electron chi connectivity index (χ3n) is 1.91. The topological polar surface area (TPSA) is 0 Å². The number of hydrogen-bond donors (Lipinski definition) is 0. The molecule has 0 bridgehead atoms. The van der Waals surface area contributed by atoms with Crippen molar-refractivity contribution in [3.63, 3.8) is 0 Å². The molecule has 0 aliphatic heterocycles. The van der Waals surface area contributed by atoms with Gasteiger partial charge < -0.3 is 0 Å². The molecule has 0 unspecified atom stereocenters. The summed E-state index contributed by atoms with van der Waals surface area (Å²) in [6.07, 6.45) is 0. The molecule has 0 heterocycles.